The number of amides is 2. The van der Waals surface area contributed by atoms with Gasteiger partial charge in [0.2, 0.25) is 0 Å². The summed E-state index contributed by atoms with van der Waals surface area (Å²) in [6.07, 6.45) is -4.02. The third-order valence-corrected chi connectivity index (χ3v) is 5.92. The smallest absolute Gasteiger partial charge is 0.417 e. The number of carbonyl (C=O) groups excluding carboxylic acids is 2. The number of ether oxygens (including phenoxy) is 1. The number of nitrogens with zero attached hydrogens (tertiary/aromatic N) is 2. The van der Waals surface area contributed by atoms with Crippen molar-refractivity contribution in [2.75, 3.05) is 18.8 Å². The SMILES string of the molecule is Cc1cc(C(F)(F)F)c2c(N)c(C(=O)NC3CCN(C(=O)OC(C)(C)C)CC3)sc2n1. The number of fused-ring (bicyclic) bond motifs is 1. The number of piperidine rings is 1. The van der Waals surface area contributed by atoms with Crippen LogP contribution < -0.4 is 11.1 Å². The Labute approximate surface area is 181 Å². The first-order valence-corrected chi connectivity index (χ1v) is 10.6. The molecular weight excluding hydrogens is 433 g/mol. The highest BCUT2D eigenvalue weighted by Gasteiger charge is 2.36. The van der Waals surface area contributed by atoms with Crippen molar-refractivity contribution in [1.29, 1.82) is 0 Å². The number of nitrogens with one attached hydrogen (secondary N) is 1. The van der Waals surface area contributed by atoms with Crippen LogP contribution in [0.1, 0.15) is 54.5 Å². The van der Waals surface area contributed by atoms with Crippen LogP contribution in [0.25, 0.3) is 10.2 Å². The van der Waals surface area contributed by atoms with Gasteiger partial charge in [0.15, 0.2) is 0 Å². The number of nitrogens with two attached hydrogens (primary N) is 1. The number of nitrogen functional groups attached to an aromatic ring is 1. The second kappa shape index (κ2) is 8.18. The minimum atomic E-state index is -4.61. The highest BCUT2D eigenvalue weighted by molar-refractivity contribution is 7.21. The predicted octanol–water partition coefficient (Wildman–Crippen LogP) is 4.34. The van der Waals surface area contributed by atoms with Gasteiger partial charge in [0, 0.05) is 30.2 Å². The highest BCUT2D eigenvalue weighted by Crippen LogP contribution is 2.42. The number of alkyl halides is 3. The summed E-state index contributed by atoms with van der Waals surface area (Å²) >= 11 is 0.844. The molecule has 0 aliphatic carbocycles. The van der Waals surface area contributed by atoms with Crippen molar-refractivity contribution >= 4 is 39.2 Å². The molecule has 170 valence electrons. The number of hydrogen-bond donors (Lipinski definition) is 2. The van der Waals surface area contributed by atoms with Gasteiger partial charge in [-0.15, -0.1) is 11.3 Å². The van der Waals surface area contributed by atoms with Gasteiger partial charge in [0.1, 0.15) is 15.3 Å². The summed E-state index contributed by atoms with van der Waals surface area (Å²) in [5.41, 5.74) is 4.44. The van der Waals surface area contributed by atoms with E-state index < -0.39 is 29.3 Å². The molecule has 2 aromatic heterocycles. The molecule has 2 aromatic rings. The number of likely N-dealkylation sites (tertiary alicyclic amines) is 1. The Bertz CT molecular complexity index is 1010. The van der Waals surface area contributed by atoms with E-state index in [0.717, 1.165) is 17.4 Å². The molecule has 0 bridgehead atoms. The molecule has 3 heterocycles. The Balaban J connectivity index is 1.72. The minimum Gasteiger partial charge on any atom is -0.444 e. The summed E-state index contributed by atoms with van der Waals surface area (Å²) < 4.78 is 45.7. The summed E-state index contributed by atoms with van der Waals surface area (Å²) in [6, 6.07) is 0.701. The van der Waals surface area contributed by atoms with Gasteiger partial charge in [0.25, 0.3) is 5.91 Å². The first kappa shape index (κ1) is 23.1. The van der Waals surface area contributed by atoms with Gasteiger partial charge in [-0.2, -0.15) is 13.2 Å². The van der Waals surface area contributed by atoms with Crippen LogP contribution in [0.2, 0.25) is 0 Å². The molecule has 1 aliphatic heterocycles. The summed E-state index contributed by atoms with van der Waals surface area (Å²) in [5, 5.41) is 2.58. The number of rotatable bonds is 2. The molecule has 7 nitrogen and oxygen atoms in total. The van der Waals surface area contributed by atoms with Crippen molar-refractivity contribution in [1.82, 2.24) is 15.2 Å². The number of carbonyl (C=O) groups is 2. The Morgan fingerprint density at radius 2 is 1.87 bits per heavy atom. The van der Waals surface area contributed by atoms with E-state index in [9.17, 15) is 22.8 Å². The van der Waals surface area contributed by atoms with Gasteiger partial charge in [-0.05, 0) is 46.6 Å². The number of aryl methyl sites for hydroxylation is 1. The number of hydrogen-bond acceptors (Lipinski definition) is 6. The Morgan fingerprint density at radius 3 is 2.42 bits per heavy atom. The monoisotopic (exact) mass is 458 g/mol. The van der Waals surface area contributed by atoms with Crippen LogP contribution in [0, 0.1) is 6.92 Å². The standard InChI is InChI=1S/C20H25F3N4O3S/c1-10-9-12(20(21,22)23)13-14(24)15(31-17(13)25-10)16(28)26-11-5-7-27(8-6-11)18(29)30-19(2,3)4/h9,11H,5-8,24H2,1-4H3,(H,26,28). The van der Waals surface area contributed by atoms with E-state index in [4.69, 9.17) is 10.5 Å². The van der Waals surface area contributed by atoms with E-state index in [1.54, 1.807) is 25.7 Å². The van der Waals surface area contributed by atoms with Gasteiger partial charge in [0.05, 0.1) is 11.3 Å². The maximum absolute atomic E-state index is 13.4. The van der Waals surface area contributed by atoms with E-state index >= 15 is 0 Å². The molecule has 0 saturated carbocycles. The van der Waals surface area contributed by atoms with Crippen molar-refractivity contribution in [3.8, 4) is 0 Å². The lowest BCUT2D eigenvalue weighted by Crippen LogP contribution is -2.47. The van der Waals surface area contributed by atoms with E-state index in [-0.39, 0.29) is 32.5 Å². The lowest BCUT2D eigenvalue weighted by atomic mass is 10.0. The largest absolute Gasteiger partial charge is 0.444 e. The predicted molar refractivity (Wildman–Crippen MR) is 112 cm³/mol. The molecule has 3 rings (SSSR count). The Kier molecular flexibility index (Phi) is 6.09. The molecule has 11 heteroatoms. The van der Waals surface area contributed by atoms with Crippen LogP contribution in [0.15, 0.2) is 6.07 Å². The van der Waals surface area contributed by atoms with Crippen molar-refractivity contribution in [2.24, 2.45) is 0 Å². The van der Waals surface area contributed by atoms with Crippen LogP contribution >= 0.6 is 11.3 Å². The van der Waals surface area contributed by atoms with Crippen LogP contribution in [0.4, 0.5) is 23.7 Å². The van der Waals surface area contributed by atoms with Gasteiger partial charge in [-0.25, -0.2) is 9.78 Å². The third kappa shape index (κ3) is 5.20. The van der Waals surface area contributed by atoms with Gasteiger partial charge >= 0.3 is 12.3 Å². The normalized spacial score (nSPS) is 15.9. The summed E-state index contributed by atoms with van der Waals surface area (Å²) in [6.45, 7) is 7.62. The van der Waals surface area contributed by atoms with Crippen LogP contribution in [-0.4, -0.2) is 46.6 Å². The fraction of sp³-hybridized carbons (Fsp3) is 0.550. The molecule has 1 saturated heterocycles. The molecule has 0 aromatic carbocycles. The van der Waals surface area contributed by atoms with Gasteiger partial charge < -0.3 is 20.7 Å². The third-order valence-electron chi connectivity index (χ3n) is 4.82. The van der Waals surface area contributed by atoms with Crippen LogP contribution in [0.3, 0.4) is 0 Å². The average molecular weight is 459 g/mol. The molecule has 0 radical (unpaired) electrons. The molecule has 2 amide bonds. The minimum absolute atomic E-state index is 0.00757. The first-order chi connectivity index (χ1) is 14.3. The summed E-state index contributed by atoms with van der Waals surface area (Å²) in [7, 11) is 0. The Hall–Kier alpha value is -2.56. The van der Waals surface area contributed by atoms with E-state index in [1.807, 2.05) is 0 Å². The lowest BCUT2D eigenvalue weighted by Gasteiger charge is -2.33. The van der Waals surface area contributed by atoms with Crippen molar-refractivity contribution in [2.45, 2.75) is 58.4 Å². The molecule has 0 atom stereocenters. The van der Waals surface area contributed by atoms with Crippen molar-refractivity contribution in [3.63, 3.8) is 0 Å². The number of aromatic nitrogens is 1. The fourth-order valence-corrected chi connectivity index (χ4v) is 4.49. The zero-order valence-electron chi connectivity index (χ0n) is 17.7. The second-order valence-electron chi connectivity index (χ2n) is 8.55. The second-order valence-corrected chi connectivity index (χ2v) is 9.55. The van der Waals surface area contributed by atoms with Crippen molar-refractivity contribution < 1.29 is 27.5 Å². The number of anilines is 1. The molecule has 0 unspecified atom stereocenters. The van der Waals surface area contributed by atoms with Gasteiger partial charge in [-0.1, -0.05) is 0 Å². The van der Waals surface area contributed by atoms with Crippen molar-refractivity contribution in [3.05, 3.63) is 22.2 Å². The summed E-state index contributed by atoms with van der Waals surface area (Å²) in [4.78, 5) is 30.7. The highest BCUT2D eigenvalue weighted by atomic mass is 32.1. The zero-order chi connectivity index (χ0) is 23.1. The van der Waals surface area contributed by atoms with Gasteiger partial charge in [-0.3, -0.25) is 4.79 Å². The summed E-state index contributed by atoms with van der Waals surface area (Å²) in [5.74, 6) is -0.540. The zero-order valence-corrected chi connectivity index (χ0v) is 18.5. The number of pyridine rings is 1. The molecule has 3 N–H and O–H groups in total. The number of thiophene rings is 1. The topological polar surface area (TPSA) is 97.6 Å². The Morgan fingerprint density at radius 1 is 1.26 bits per heavy atom. The van der Waals surface area contributed by atoms with Crippen LogP contribution in [-0.2, 0) is 10.9 Å². The van der Waals surface area contributed by atoms with E-state index in [0.29, 0.717) is 25.9 Å². The average Bonchev–Trinajstić information content (AvgIpc) is 2.96. The molecule has 1 aliphatic rings. The lowest BCUT2D eigenvalue weighted by molar-refractivity contribution is -0.136. The molecule has 0 spiro atoms. The number of halogens is 3. The molecular formula is C20H25F3N4O3S. The molecule has 1 fully saturated rings. The first-order valence-electron chi connectivity index (χ1n) is 9.82. The maximum atomic E-state index is 13.4. The molecule has 31 heavy (non-hydrogen) atoms. The van der Waals surface area contributed by atoms with E-state index in [2.05, 4.69) is 10.3 Å². The quantitative estimate of drug-likeness (QED) is 0.698. The van der Waals surface area contributed by atoms with E-state index in [1.165, 1.54) is 6.92 Å². The maximum Gasteiger partial charge on any atom is 0.417 e. The fourth-order valence-electron chi connectivity index (χ4n) is 3.42. The van der Waals surface area contributed by atoms with Crippen LogP contribution in [0.5, 0.6) is 0 Å².